The molecule has 0 saturated carbocycles. The van der Waals surface area contributed by atoms with E-state index in [4.69, 9.17) is 12.2 Å². The predicted octanol–water partition coefficient (Wildman–Crippen LogP) is 4.76. The van der Waals surface area contributed by atoms with E-state index in [2.05, 4.69) is 14.7 Å². The summed E-state index contributed by atoms with van der Waals surface area (Å²) in [6.45, 7) is -1.30. The highest BCUT2D eigenvalue weighted by atomic mass is 32.1. The molecule has 1 aromatic carbocycles. The number of benzene rings is 1. The van der Waals surface area contributed by atoms with Crippen molar-refractivity contribution in [2.75, 3.05) is 0 Å². The van der Waals surface area contributed by atoms with Crippen LogP contribution in [0.1, 0.15) is 12.5 Å². The molecule has 148 valence electrons. The van der Waals surface area contributed by atoms with Gasteiger partial charge in [0.25, 0.3) is 5.56 Å². The number of hydrogen-bond acceptors (Lipinski definition) is 4. The highest BCUT2D eigenvalue weighted by Crippen LogP contribution is 2.36. The van der Waals surface area contributed by atoms with Gasteiger partial charge in [-0.2, -0.15) is 22.0 Å². The summed E-state index contributed by atoms with van der Waals surface area (Å²) in [5, 5.41) is -0.647. The lowest BCUT2D eigenvalue weighted by Gasteiger charge is -2.15. The minimum atomic E-state index is -4.85. The van der Waals surface area contributed by atoms with Gasteiger partial charge in [-0.15, -0.1) is 0 Å². The van der Waals surface area contributed by atoms with Crippen molar-refractivity contribution in [3.8, 4) is 17.0 Å². The first-order chi connectivity index (χ1) is 13.1. The molecule has 0 bridgehead atoms. The Morgan fingerprint density at radius 2 is 2.00 bits per heavy atom. The van der Waals surface area contributed by atoms with Crippen molar-refractivity contribution in [1.29, 1.82) is 0 Å². The van der Waals surface area contributed by atoms with Gasteiger partial charge in [0.15, 0.2) is 4.77 Å². The van der Waals surface area contributed by atoms with Gasteiger partial charge in [-0.1, -0.05) is 12.1 Å². The molecule has 5 nitrogen and oxygen atoms in total. The van der Waals surface area contributed by atoms with Gasteiger partial charge in [-0.3, -0.25) is 9.78 Å². The Morgan fingerprint density at radius 1 is 1.29 bits per heavy atom. The Balaban J connectivity index is 2.37. The van der Waals surface area contributed by atoms with Gasteiger partial charge in [0.05, 0.1) is 16.6 Å². The van der Waals surface area contributed by atoms with Crippen LogP contribution in [0.15, 0.2) is 35.1 Å². The SMILES string of the molecule is CCn1c(=S)[nH]c(=O)c2c(C(F)(F)F)cc(-c3cccc(OC(F)F)c3)nc21. The molecule has 0 spiro atoms. The zero-order chi connectivity index (χ0) is 20.6. The van der Waals surface area contributed by atoms with Gasteiger partial charge in [0.2, 0.25) is 0 Å². The van der Waals surface area contributed by atoms with E-state index in [-0.39, 0.29) is 34.0 Å². The Kier molecular flexibility index (Phi) is 5.20. The maximum absolute atomic E-state index is 13.6. The molecule has 0 saturated heterocycles. The molecule has 0 fully saturated rings. The first kappa shape index (κ1) is 19.9. The second kappa shape index (κ2) is 7.30. The Bertz CT molecular complexity index is 1150. The van der Waals surface area contributed by atoms with Crippen molar-refractivity contribution >= 4 is 23.3 Å². The fourth-order valence-corrected chi connectivity index (χ4v) is 3.08. The fraction of sp³-hybridized carbons (Fsp3) is 0.235. The Labute approximate surface area is 159 Å². The smallest absolute Gasteiger partial charge is 0.417 e. The Morgan fingerprint density at radius 3 is 2.61 bits per heavy atom. The lowest BCUT2D eigenvalue weighted by Crippen LogP contribution is -2.20. The summed E-state index contributed by atoms with van der Waals surface area (Å²) in [5.41, 5.74) is -2.51. The quantitative estimate of drug-likeness (QED) is 0.491. The molecule has 0 aliphatic carbocycles. The standard InChI is InChI=1S/C17H12F5N3O2S/c1-2-25-13-12(14(26)24-16(25)28)10(17(20,21)22)7-11(23-13)8-4-3-5-9(6-8)27-15(18)19/h3-7,15H,2H2,1H3,(H,24,26,28). The van der Waals surface area contributed by atoms with Gasteiger partial charge in [-0.25, -0.2) is 4.98 Å². The van der Waals surface area contributed by atoms with E-state index in [0.29, 0.717) is 6.07 Å². The first-order valence-corrected chi connectivity index (χ1v) is 8.33. The van der Waals surface area contributed by atoms with Crippen LogP contribution in [-0.4, -0.2) is 21.1 Å². The van der Waals surface area contributed by atoms with Crippen LogP contribution < -0.4 is 10.3 Å². The normalized spacial score (nSPS) is 12.0. The predicted molar refractivity (Wildman–Crippen MR) is 93.9 cm³/mol. The summed E-state index contributed by atoms with van der Waals surface area (Å²) in [5.74, 6) is -0.235. The number of ether oxygens (including phenoxy) is 1. The molecule has 0 radical (unpaired) electrons. The maximum Gasteiger partial charge on any atom is 0.417 e. The molecular formula is C17H12F5N3O2S. The van der Waals surface area contributed by atoms with Gasteiger partial charge in [-0.05, 0) is 37.3 Å². The number of fused-ring (bicyclic) bond motifs is 1. The minimum absolute atomic E-state index is 0.0763. The molecule has 1 N–H and O–H groups in total. The van der Waals surface area contributed by atoms with Crippen LogP contribution in [0.5, 0.6) is 5.75 Å². The third-order valence-corrected chi connectivity index (χ3v) is 4.25. The van der Waals surface area contributed by atoms with Crippen molar-refractivity contribution in [1.82, 2.24) is 14.5 Å². The topological polar surface area (TPSA) is 59.9 Å². The highest BCUT2D eigenvalue weighted by molar-refractivity contribution is 7.71. The third kappa shape index (κ3) is 3.75. The van der Waals surface area contributed by atoms with Gasteiger partial charge in [0.1, 0.15) is 11.4 Å². The molecule has 28 heavy (non-hydrogen) atoms. The summed E-state index contributed by atoms with van der Waals surface area (Å²) in [6, 6.07) is 5.81. The monoisotopic (exact) mass is 417 g/mol. The molecular weight excluding hydrogens is 405 g/mol. The van der Waals surface area contributed by atoms with Crippen LogP contribution in [0.3, 0.4) is 0 Å². The summed E-state index contributed by atoms with van der Waals surface area (Å²) in [4.78, 5) is 18.6. The number of aryl methyl sites for hydroxylation is 1. The lowest BCUT2D eigenvalue weighted by molar-refractivity contribution is -0.136. The largest absolute Gasteiger partial charge is 0.435 e. The maximum atomic E-state index is 13.6. The molecule has 0 atom stereocenters. The van der Waals surface area contributed by atoms with E-state index in [0.717, 1.165) is 6.07 Å². The number of nitrogens with one attached hydrogen (secondary N) is 1. The van der Waals surface area contributed by atoms with Gasteiger partial charge >= 0.3 is 12.8 Å². The molecule has 3 rings (SSSR count). The second-order valence-electron chi connectivity index (χ2n) is 5.66. The lowest BCUT2D eigenvalue weighted by atomic mass is 10.1. The average Bonchev–Trinajstić information content (AvgIpc) is 2.60. The summed E-state index contributed by atoms with van der Waals surface area (Å²) >= 11 is 5.01. The van der Waals surface area contributed by atoms with Crippen LogP contribution in [0.4, 0.5) is 22.0 Å². The molecule has 0 amide bonds. The van der Waals surface area contributed by atoms with Crippen LogP contribution in [-0.2, 0) is 12.7 Å². The third-order valence-electron chi connectivity index (χ3n) is 3.93. The molecule has 3 aromatic rings. The molecule has 11 heteroatoms. The Hall–Kier alpha value is -2.82. The number of rotatable bonds is 4. The molecule has 0 aliphatic heterocycles. The number of halogens is 5. The van der Waals surface area contributed by atoms with E-state index in [1.807, 2.05) is 0 Å². The van der Waals surface area contributed by atoms with Crippen LogP contribution in [0.2, 0.25) is 0 Å². The number of nitrogens with zero attached hydrogens (tertiary/aromatic N) is 2. The van der Waals surface area contributed by atoms with E-state index >= 15 is 0 Å². The van der Waals surface area contributed by atoms with Crippen molar-refractivity contribution in [3.05, 3.63) is 51.0 Å². The van der Waals surface area contributed by atoms with Crippen molar-refractivity contribution in [3.63, 3.8) is 0 Å². The van der Waals surface area contributed by atoms with Gasteiger partial charge < -0.3 is 9.30 Å². The minimum Gasteiger partial charge on any atom is -0.435 e. The summed E-state index contributed by atoms with van der Waals surface area (Å²) in [6.07, 6.45) is -4.85. The van der Waals surface area contributed by atoms with Crippen LogP contribution >= 0.6 is 12.2 Å². The second-order valence-corrected chi connectivity index (χ2v) is 6.05. The van der Waals surface area contributed by atoms with Crippen molar-refractivity contribution in [2.24, 2.45) is 0 Å². The first-order valence-electron chi connectivity index (χ1n) is 7.92. The zero-order valence-electron chi connectivity index (χ0n) is 14.2. The number of hydrogen-bond donors (Lipinski definition) is 1. The number of pyridine rings is 1. The van der Waals surface area contributed by atoms with E-state index in [1.165, 1.54) is 22.8 Å². The van der Waals surface area contributed by atoms with Gasteiger partial charge in [0, 0.05) is 12.1 Å². The molecule has 2 aromatic heterocycles. The van der Waals surface area contributed by atoms with E-state index < -0.39 is 29.3 Å². The summed E-state index contributed by atoms with van der Waals surface area (Å²) in [7, 11) is 0. The average molecular weight is 417 g/mol. The highest BCUT2D eigenvalue weighted by Gasteiger charge is 2.35. The van der Waals surface area contributed by atoms with Crippen LogP contribution in [0, 0.1) is 4.77 Å². The molecule has 2 heterocycles. The number of aromatic nitrogens is 3. The van der Waals surface area contributed by atoms with Crippen molar-refractivity contribution < 1.29 is 26.7 Å². The zero-order valence-corrected chi connectivity index (χ0v) is 15.0. The summed E-state index contributed by atoms with van der Waals surface area (Å²) < 4.78 is 71.2. The van der Waals surface area contributed by atoms with E-state index in [9.17, 15) is 26.7 Å². The van der Waals surface area contributed by atoms with Crippen LogP contribution in [0.25, 0.3) is 22.3 Å². The fourth-order valence-electron chi connectivity index (χ4n) is 2.77. The number of aromatic amines is 1. The van der Waals surface area contributed by atoms with Crippen molar-refractivity contribution in [2.45, 2.75) is 26.3 Å². The van der Waals surface area contributed by atoms with E-state index in [1.54, 1.807) is 6.92 Å². The molecule has 0 aliphatic rings. The number of H-pyrrole nitrogens is 1. The number of alkyl halides is 5. The molecule has 0 unspecified atom stereocenters.